The normalized spacial score (nSPS) is 13.7. The van der Waals surface area contributed by atoms with Gasteiger partial charge in [-0.1, -0.05) is 105 Å². The molecule has 156 valence electrons. The molecule has 0 aliphatic rings. The van der Waals surface area contributed by atoms with Gasteiger partial charge >= 0.3 is 0 Å². The fourth-order valence-corrected chi connectivity index (χ4v) is 3.74. The lowest BCUT2D eigenvalue weighted by atomic mass is 9.99. The van der Waals surface area contributed by atoms with Crippen LogP contribution in [0.2, 0.25) is 0 Å². The van der Waals surface area contributed by atoms with E-state index in [1.807, 2.05) is 25.2 Å². The van der Waals surface area contributed by atoms with Gasteiger partial charge in [0.15, 0.2) is 0 Å². The van der Waals surface area contributed by atoms with Crippen LogP contribution in [-0.4, -0.2) is 0 Å². The number of rotatable bonds is 7. The molecule has 0 spiro atoms. The van der Waals surface area contributed by atoms with Crippen LogP contribution < -0.4 is 15.8 Å². The lowest BCUT2D eigenvalue weighted by molar-refractivity contribution is 1.02. The predicted octanol–water partition coefficient (Wildman–Crippen LogP) is 6.33. The third-order valence-electron chi connectivity index (χ3n) is 5.37. The van der Waals surface area contributed by atoms with Crippen molar-refractivity contribution in [2.24, 2.45) is 0 Å². The first kappa shape index (κ1) is 22.1. The van der Waals surface area contributed by atoms with Crippen LogP contribution in [0, 0.1) is 0 Å². The maximum absolute atomic E-state index is 3.84. The first-order valence-electron chi connectivity index (χ1n) is 10.8. The molecule has 1 heteroatoms. The lowest BCUT2D eigenvalue weighted by Gasteiger charge is -2.12. The second-order valence-corrected chi connectivity index (χ2v) is 7.43. The van der Waals surface area contributed by atoms with Crippen LogP contribution in [0.25, 0.3) is 22.4 Å². The third-order valence-corrected chi connectivity index (χ3v) is 5.37. The average Bonchev–Trinajstić information content (AvgIpc) is 2.83. The zero-order valence-corrected chi connectivity index (χ0v) is 18.7. The Bertz CT molecular complexity index is 1190. The monoisotopic (exact) mass is 405 g/mol. The Hall–Kier alpha value is -3.58. The third kappa shape index (κ3) is 5.52. The molecule has 3 aromatic rings. The van der Waals surface area contributed by atoms with E-state index >= 15 is 0 Å². The minimum atomic E-state index is 0.906. The zero-order valence-electron chi connectivity index (χ0n) is 18.7. The maximum atomic E-state index is 3.84. The van der Waals surface area contributed by atoms with Crippen molar-refractivity contribution in [3.63, 3.8) is 0 Å². The first-order chi connectivity index (χ1) is 15.2. The van der Waals surface area contributed by atoms with Crippen molar-refractivity contribution < 1.29 is 0 Å². The molecule has 0 heterocycles. The van der Waals surface area contributed by atoms with Gasteiger partial charge in [-0.2, -0.15) is 0 Å². The van der Waals surface area contributed by atoms with Gasteiger partial charge in [0.1, 0.15) is 0 Å². The molecule has 1 nitrogen and oxygen atoms in total. The summed E-state index contributed by atoms with van der Waals surface area (Å²) in [5.41, 5.74) is 7.21. The highest BCUT2D eigenvalue weighted by atomic mass is 14.9. The van der Waals surface area contributed by atoms with Crippen LogP contribution >= 0.6 is 0 Å². The zero-order chi connectivity index (χ0) is 22.1. The van der Waals surface area contributed by atoms with E-state index in [4.69, 9.17) is 0 Å². The fraction of sp³-hybridized carbons (Fsp3) is 0.133. The van der Waals surface area contributed by atoms with E-state index in [0.29, 0.717) is 0 Å². The van der Waals surface area contributed by atoms with Gasteiger partial charge in [-0.3, -0.25) is 0 Å². The summed E-state index contributed by atoms with van der Waals surface area (Å²) in [6.45, 7) is 10.3. The summed E-state index contributed by atoms with van der Waals surface area (Å²) in [7, 11) is 0. The molecule has 0 fully saturated rings. The van der Waals surface area contributed by atoms with E-state index in [-0.39, 0.29) is 0 Å². The summed E-state index contributed by atoms with van der Waals surface area (Å²) in [4.78, 5) is 0. The van der Waals surface area contributed by atoms with Gasteiger partial charge in [-0.25, -0.2) is 0 Å². The van der Waals surface area contributed by atoms with Gasteiger partial charge < -0.3 is 5.32 Å². The molecule has 0 radical (unpaired) electrons. The van der Waals surface area contributed by atoms with E-state index in [1.165, 1.54) is 38.4 Å². The molecule has 0 bridgehead atoms. The van der Waals surface area contributed by atoms with E-state index in [1.54, 1.807) is 0 Å². The minimum absolute atomic E-state index is 0.906. The van der Waals surface area contributed by atoms with Gasteiger partial charge in [0.25, 0.3) is 0 Å². The smallest absolute Gasteiger partial charge is 0.0378 e. The number of allylic oxidation sites excluding steroid dienone is 4. The number of benzene rings is 3. The number of hydrogen-bond acceptors (Lipinski definition) is 1. The lowest BCUT2D eigenvalue weighted by Crippen LogP contribution is -2.32. The first-order valence-corrected chi connectivity index (χ1v) is 10.8. The Labute approximate surface area is 186 Å². The van der Waals surface area contributed by atoms with Crippen molar-refractivity contribution in [1.29, 1.82) is 0 Å². The van der Waals surface area contributed by atoms with Crippen LogP contribution in [0.1, 0.15) is 32.8 Å². The van der Waals surface area contributed by atoms with E-state index < -0.39 is 0 Å². The van der Waals surface area contributed by atoms with Crippen molar-refractivity contribution in [2.45, 2.75) is 27.2 Å². The van der Waals surface area contributed by atoms with Gasteiger partial charge in [-0.05, 0) is 59.9 Å². The Morgan fingerprint density at radius 3 is 2.06 bits per heavy atom. The van der Waals surface area contributed by atoms with Crippen molar-refractivity contribution in [1.82, 2.24) is 5.32 Å². The summed E-state index contributed by atoms with van der Waals surface area (Å²) in [5, 5.41) is 6.08. The van der Waals surface area contributed by atoms with Crippen LogP contribution in [0.5, 0.6) is 0 Å². The molecule has 0 amide bonds. The molecule has 3 aromatic carbocycles. The van der Waals surface area contributed by atoms with Crippen LogP contribution in [0.4, 0.5) is 0 Å². The number of hydrogen-bond donors (Lipinski definition) is 1. The SMILES string of the molecule is C=C/C=C(\C=C/C)N/C(CC)=c1\cccc\c1=C(\C)c1ccc(-c2ccccc2)cc1. The molecule has 3 rings (SSSR count). The van der Waals surface area contributed by atoms with Crippen molar-refractivity contribution in [3.8, 4) is 11.1 Å². The van der Waals surface area contributed by atoms with E-state index in [0.717, 1.165) is 12.1 Å². The molecule has 0 saturated heterocycles. The molecule has 0 saturated carbocycles. The summed E-state index contributed by atoms with van der Waals surface area (Å²) >= 11 is 0. The summed E-state index contributed by atoms with van der Waals surface area (Å²) in [6, 6.07) is 28.0. The van der Waals surface area contributed by atoms with Crippen molar-refractivity contribution in [3.05, 3.63) is 131 Å². The van der Waals surface area contributed by atoms with Gasteiger partial charge in [0, 0.05) is 16.6 Å². The molecule has 0 aliphatic heterocycles. The highest BCUT2D eigenvalue weighted by molar-refractivity contribution is 5.70. The number of nitrogens with one attached hydrogen (secondary N) is 1. The van der Waals surface area contributed by atoms with Gasteiger partial charge in [0.2, 0.25) is 0 Å². The van der Waals surface area contributed by atoms with Gasteiger partial charge in [-0.15, -0.1) is 0 Å². The molecular weight excluding hydrogens is 374 g/mol. The molecule has 0 atom stereocenters. The topological polar surface area (TPSA) is 12.0 Å². The van der Waals surface area contributed by atoms with Gasteiger partial charge in [0.05, 0.1) is 0 Å². The highest BCUT2D eigenvalue weighted by Crippen LogP contribution is 2.21. The van der Waals surface area contributed by atoms with Crippen LogP contribution in [0.3, 0.4) is 0 Å². The molecule has 0 aromatic heterocycles. The standard InChI is InChI=1S/C30H31N/c1-5-13-27(14-6-2)31-30(7-3)29-18-12-11-17-28(29)23(4)24-19-21-26(22-20-24)25-15-9-8-10-16-25/h5-6,8-22,31H,1,7H2,2-4H3/b14-6-,27-13+,28-23+,30-29+. The Morgan fingerprint density at radius 1 is 0.839 bits per heavy atom. The largest absolute Gasteiger partial charge is 0.358 e. The van der Waals surface area contributed by atoms with Crippen LogP contribution in [-0.2, 0) is 0 Å². The van der Waals surface area contributed by atoms with Crippen LogP contribution in [0.15, 0.2) is 115 Å². The minimum Gasteiger partial charge on any atom is -0.358 e. The predicted molar refractivity (Wildman–Crippen MR) is 136 cm³/mol. The maximum Gasteiger partial charge on any atom is 0.0378 e. The van der Waals surface area contributed by atoms with Crippen molar-refractivity contribution >= 4 is 11.3 Å². The average molecular weight is 406 g/mol. The highest BCUT2D eigenvalue weighted by Gasteiger charge is 2.04. The molecule has 31 heavy (non-hydrogen) atoms. The summed E-state index contributed by atoms with van der Waals surface area (Å²) in [5.74, 6) is 0. The fourth-order valence-electron chi connectivity index (χ4n) is 3.74. The molecular formula is C30H31N. The molecule has 1 N–H and O–H groups in total. The summed E-state index contributed by atoms with van der Waals surface area (Å²) < 4.78 is 0. The van der Waals surface area contributed by atoms with E-state index in [2.05, 4.69) is 111 Å². The second-order valence-electron chi connectivity index (χ2n) is 7.43. The Morgan fingerprint density at radius 2 is 1.45 bits per heavy atom. The quantitative estimate of drug-likeness (QED) is 0.453. The Kier molecular flexibility index (Phi) is 7.84. The van der Waals surface area contributed by atoms with Crippen molar-refractivity contribution in [2.75, 3.05) is 0 Å². The molecule has 0 unspecified atom stereocenters. The Balaban J connectivity index is 2.11. The van der Waals surface area contributed by atoms with E-state index in [9.17, 15) is 0 Å². The molecule has 0 aliphatic carbocycles. The second kappa shape index (κ2) is 11.0. The summed E-state index contributed by atoms with van der Waals surface area (Å²) in [6.07, 6.45) is 8.82.